The van der Waals surface area contributed by atoms with E-state index in [1.54, 1.807) is 0 Å². The van der Waals surface area contributed by atoms with E-state index in [1.165, 1.54) is 12.0 Å². The van der Waals surface area contributed by atoms with Crippen LogP contribution in [-0.4, -0.2) is 51.5 Å². The lowest BCUT2D eigenvalue weighted by Crippen LogP contribution is -2.43. The monoisotopic (exact) mass is 351 g/mol. The molecule has 2 unspecified atom stereocenters. The molecule has 0 saturated carbocycles. The molecule has 5 heteroatoms. The van der Waals surface area contributed by atoms with Gasteiger partial charge >= 0.3 is 0 Å². The van der Waals surface area contributed by atoms with Crippen molar-refractivity contribution in [3.05, 3.63) is 11.6 Å². The summed E-state index contributed by atoms with van der Waals surface area (Å²) in [6.45, 7) is 14.1. The molecule has 2 rings (SSSR count). The van der Waals surface area contributed by atoms with Gasteiger partial charge in [0.25, 0.3) is 0 Å². The molecule has 2 aliphatic heterocycles. The van der Waals surface area contributed by atoms with Gasteiger partial charge in [0.2, 0.25) is 0 Å². The summed E-state index contributed by atoms with van der Waals surface area (Å²) >= 11 is 0. The minimum Gasteiger partial charge on any atom is -0.377 e. The largest absolute Gasteiger partial charge is 0.377 e. The summed E-state index contributed by atoms with van der Waals surface area (Å²) in [5, 5.41) is 6.84. The van der Waals surface area contributed by atoms with Gasteiger partial charge in [0.05, 0.1) is 19.3 Å². The molecule has 2 aliphatic rings. The van der Waals surface area contributed by atoms with Gasteiger partial charge in [-0.25, -0.2) is 0 Å². The Labute approximate surface area is 153 Å². The van der Waals surface area contributed by atoms with Gasteiger partial charge in [-0.15, -0.1) is 0 Å². The number of rotatable bonds is 6. The van der Waals surface area contributed by atoms with Crippen LogP contribution in [0.4, 0.5) is 0 Å². The van der Waals surface area contributed by atoms with Crippen LogP contribution in [0.15, 0.2) is 16.6 Å². The maximum Gasteiger partial charge on any atom is 0.191 e. The zero-order valence-corrected chi connectivity index (χ0v) is 16.6. The molecular formula is C20H37N3O2. The van der Waals surface area contributed by atoms with Crippen molar-refractivity contribution in [2.75, 3.05) is 39.5 Å². The maximum atomic E-state index is 6.08. The third kappa shape index (κ3) is 6.98. The molecule has 1 fully saturated rings. The van der Waals surface area contributed by atoms with Crippen LogP contribution in [0.3, 0.4) is 0 Å². The van der Waals surface area contributed by atoms with Crippen molar-refractivity contribution in [1.29, 1.82) is 0 Å². The van der Waals surface area contributed by atoms with Gasteiger partial charge < -0.3 is 20.1 Å². The van der Waals surface area contributed by atoms with Crippen molar-refractivity contribution in [1.82, 2.24) is 10.6 Å². The molecule has 5 nitrogen and oxygen atoms in total. The normalized spacial score (nSPS) is 25.4. The van der Waals surface area contributed by atoms with Crippen LogP contribution in [0.5, 0.6) is 0 Å². The molecule has 0 radical (unpaired) electrons. The average Bonchev–Trinajstić information content (AvgIpc) is 2.60. The van der Waals surface area contributed by atoms with E-state index in [4.69, 9.17) is 14.5 Å². The first kappa shape index (κ1) is 20.2. The van der Waals surface area contributed by atoms with Crippen molar-refractivity contribution < 1.29 is 9.47 Å². The summed E-state index contributed by atoms with van der Waals surface area (Å²) in [7, 11) is 0. The van der Waals surface area contributed by atoms with E-state index in [0.29, 0.717) is 12.0 Å². The van der Waals surface area contributed by atoms with Crippen molar-refractivity contribution >= 4 is 5.96 Å². The third-order valence-corrected chi connectivity index (χ3v) is 4.92. The molecular weight excluding hydrogens is 314 g/mol. The molecule has 25 heavy (non-hydrogen) atoms. The van der Waals surface area contributed by atoms with Crippen LogP contribution >= 0.6 is 0 Å². The molecule has 2 N–H and O–H groups in total. The second-order valence-corrected chi connectivity index (χ2v) is 8.14. The predicted molar refractivity (Wildman–Crippen MR) is 104 cm³/mol. The second kappa shape index (κ2) is 10.2. The Morgan fingerprint density at radius 2 is 2.12 bits per heavy atom. The summed E-state index contributed by atoms with van der Waals surface area (Å²) in [4.78, 5) is 4.85. The molecule has 0 aromatic rings. The number of nitrogens with one attached hydrogen (secondary N) is 2. The Balaban J connectivity index is 1.85. The second-order valence-electron chi connectivity index (χ2n) is 8.14. The smallest absolute Gasteiger partial charge is 0.191 e. The van der Waals surface area contributed by atoms with Gasteiger partial charge in [-0.3, -0.25) is 4.99 Å². The first-order valence-corrected chi connectivity index (χ1v) is 9.90. The topological polar surface area (TPSA) is 54.9 Å². The molecule has 0 aromatic heterocycles. The number of aliphatic imine (C=N–C) groups is 1. The predicted octanol–water partition coefficient (Wildman–Crippen LogP) is 3.12. The number of hydrogen-bond donors (Lipinski definition) is 2. The van der Waals surface area contributed by atoms with Gasteiger partial charge in [0.15, 0.2) is 5.96 Å². The van der Waals surface area contributed by atoms with E-state index < -0.39 is 0 Å². The number of hydrogen-bond acceptors (Lipinski definition) is 3. The fraction of sp³-hybridized carbons (Fsp3) is 0.850. The Morgan fingerprint density at radius 3 is 2.80 bits per heavy atom. The highest BCUT2D eigenvalue weighted by molar-refractivity contribution is 5.79. The van der Waals surface area contributed by atoms with Gasteiger partial charge in [-0.05, 0) is 38.0 Å². The quantitative estimate of drug-likeness (QED) is 0.439. The maximum absolute atomic E-state index is 6.08. The minimum atomic E-state index is 0.169. The number of guanidine groups is 1. The fourth-order valence-corrected chi connectivity index (χ4v) is 3.67. The van der Waals surface area contributed by atoms with Crippen LogP contribution in [0, 0.1) is 11.3 Å². The molecule has 2 atom stereocenters. The zero-order chi connectivity index (χ0) is 18.1. The highest BCUT2D eigenvalue weighted by atomic mass is 16.5. The summed E-state index contributed by atoms with van der Waals surface area (Å²) in [5.41, 5.74) is 1.66. The zero-order valence-electron chi connectivity index (χ0n) is 16.6. The van der Waals surface area contributed by atoms with Crippen LogP contribution in [0.2, 0.25) is 0 Å². The Kier molecular flexibility index (Phi) is 8.24. The van der Waals surface area contributed by atoms with Gasteiger partial charge in [-0.2, -0.15) is 0 Å². The molecule has 0 bridgehead atoms. The van der Waals surface area contributed by atoms with Crippen molar-refractivity contribution in [2.45, 2.75) is 59.5 Å². The van der Waals surface area contributed by atoms with Crippen LogP contribution in [0.1, 0.15) is 53.4 Å². The first-order valence-electron chi connectivity index (χ1n) is 9.90. The molecule has 0 amide bonds. The summed E-state index contributed by atoms with van der Waals surface area (Å²) < 4.78 is 11.4. The van der Waals surface area contributed by atoms with E-state index in [2.05, 4.69) is 44.4 Å². The Morgan fingerprint density at radius 1 is 1.28 bits per heavy atom. The summed E-state index contributed by atoms with van der Waals surface area (Å²) in [6.07, 6.45) is 6.97. The Hall–Kier alpha value is -1.07. The summed E-state index contributed by atoms with van der Waals surface area (Å²) in [6, 6.07) is 0. The minimum absolute atomic E-state index is 0.169. The SMILES string of the molecule is CCNC(=NCC1CCCOC1C(C)(C)C)NCCC1=CCOCC1. The number of ether oxygens (including phenoxy) is 2. The van der Waals surface area contributed by atoms with E-state index in [9.17, 15) is 0 Å². The molecule has 0 spiro atoms. The van der Waals surface area contributed by atoms with E-state index >= 15 is 0 Å². The highest BCUT2D eigenvalue weighted by Gasteiger charge is 2.35. The lowest BCUT2D eigenvalue weighted by molar-refractivity contribution is -0.0823. The van der Waals surface area contributed by atoms with Crippen LogP contribution in [-0.2, 0) is 9.47 Å². The van der Waals surface area contributed by atoms with Crippen molar-refractivity contribution in [2.24, 2.45) is 16.3 Å². The molecule has 144 valence electrons. The highest BCUT2D eigenvalue weighted by Crippen LogP contribution is 2.34. The molecule has 1 saturated heterocycles. The average molecular weight is 352 g/mol. The van der Waals surface area contributed by atoms with Crippen molar-refractivity contribution in [3.63, 3.8) is 0 Å². The van der Waals surface area contributed by atoms with Crippen LogP contribution in [0.25, 0.3) is 0 Å². The van der Waals surface area contributed by atoms with Gasteiger partial charge in [-0.1, -0.05) is 32.4 Å². The molecule has 2 heterocycles. The van der Waals surface area contributed by atoms with Gasteiger partial charge in [0.1, 0.15) is 0 Å². The van der Waals surface area contributed by atoms with E-state index in [-0.39, 0.29) is 5.41 Å². The third-order valence-electron chi connectivity index (χ3n) is 4.92. The number of nitrogens with zero attached hydrogens (tertiary/aromatic N) is 1. The van der Waals surface area contributed by atoms with E-state index in [0.717, 1.165) is 64.7 Å². The Bertz CT molecular complexity index is 454. The van der Waals surface area contributed by atoms with Crippen LogP contribution < -0.4 is 10.6 Å². The summed E-state index contributed by atoms with van der Waals surface area (Å²) in [5.74, 6) is 1.43. The fourth-order valence-electron chi connectivity index (χ4n) is 3.67. The lowest BCUT2D eigenvalue weighted by Gasteiger charge is -2.39. The molecule has 0 aromatic carbocycles. The first-order chi connectivity index (χ1) is 12.0. The van der Waals surface area contributed by atoms with Gasteiger partial charge in [0, 0.05) is 32.2 Å². The van der Waals surface area contributed by atoms with Crippen molar-refractivity contribution in [3.8, 4) is 0 Å². The standard InChI is InChI=1S/C20H37N3O2/c1-5-21-19(22-11-8-16-9-13-24-14-10-16)23-15-17-7-6-12-25-18(17)20(2,3)4/h9,17-18H,5-8,10-15H2,1-4H3,(H2,21,22,23). The van der Waals surface area contributed by atoms with E-state index in [1.807, 2.05) is 0 Å². The molecule has 0 aliphatic carbocycles. The lowest BCUT2D eigenvalue weighted by atomic mass is 9.78.